The lowest BCUT2D eigenvalue weighted by Crippen LogP contribution is -2.57. The Bertz CT molecular complexity index is 911. The average Bonchev–Trinajstić information content (AvgIpc) is 2.77. The van der Waals surface area contributed by atoms with E-state index in [9.17, 15) is 14.0 Å². The molecule has 0 bridgehead atoms. The lowest BCUT2D eigenvalue weighted by Gasteiger charge is -2.38. The van der Waals surface area contributed by atoms with Crippen molar-refractivity contribution in [2.24, 2.45) is 0 Å². The van der Waals surface area contributed by atoms with Crippen LogP contribution in [-0.2, 0) is 20.9 Å². The number of ether oxygens (including phenoxy) is 1. The van der Waals surface area contributed by atoms with Gasteiger partial charge >= 0.3 is 0 Å². The molecule has 1 saturated heterocycles. The minimum Gasteiger partial charge on any atom is -0.369 e. The zero-order valence-corrected chi connectivity index (χ0v) is 16.1. The summed E-state index contributed by atoms with van der Waals surface area (Å²) in [5.74, 6) is -0.663. The Labute approximate surface area is 169 Å². The molecule has 1 fully saturated rings. The molecule has 0 spiro atoms. The Hall–Kier alpha value is -2.99. The third-order valence-electron chi connectivity index (χ3n) is 5.41. The molecule has 2 amide bonds. The standard InChI is InChI=1S/C23H23FN2O3/c24-20-8-6-17(7-9-20)14-26-21(15-29-16-22(26)27)23(28)25-12-10-19(11-13-25)18-4-2-1-3-5-18/h1-10,21H,11-16H2/t21-/m0/s1. The van der Waals surface area contributed by atoms with Crippen LogP contribution in [0.5, 0.6) is 0 Å². The molecule has 2 aromatic carbocycles. The number of rotatable bonds is 4. The summed E-state index contributed by atoms with van der Waals surface area (Å²) < 4.78 is 18.5. The largest absolute Gasteiger partial charge is 0.369 e. The topological polar surface area (TPSA) is 49.9 Å². The summed E-state index contributed by atoms with van der Waals surface area (Å²) >= 11 is 0. The summed E-state index contributed by atoms with van der Waals surface area (Å²) in [6.45, 7) is 1.52. The van der Waals surface area contributed by atoms with Gasteiger partial charge in [0, 0.05) is 19.6 Å². The molecule has 0 unspecified atom stereocenters. The van der Waals surface area contributed by atoms with Gasteiger partial charge in [-0.15, -0.1) is 0 Å². The predicted molar refractivity (Wildman–Crippen MR) is 107 cm³/mol. The fourth-order valence-corrected chi connectivity index (χ4v) is 3.79. The average molecular weight is 394 g/mol. The molecule has 1 atom stereocenters. The first-order valence-electron chi connectivity index (χ1n) is 9.77. The van der Waals surface area contributed by atoms with E-state index in [0.717, 1.165) is 12.0 Å². The van der Waals surface area contributed by atoms with Gasteiger partial charge in [-0.3, -0.25) is 9.59 Å². The lowest BCUT2D eigenvalue weighted by atomic mass is 9.99. The molecule has 0 saturated carbocycles. The summed E-state index contributed by atoms with van der Waals surface area (Å²) in [5, 5.41) is 0. The van der Waals surface area contributed by atoms with Gasteiger partial charge in [-0.1, -0.05) is 48.5 Å². The van der Waals surface area contributed by atoms with Gasteiger partial charge in [-0.05, 0) is 35.3 Å². The molecule has 0 radical (unpaired) electrons. The molecule has 29 heavy (non-hydrogen) atoms. The number of hydrogen-bond acceptors (Lipinski definition) is 3. The monoisotopic (exact) mass is 394 g/mol. The summed E-state index contributed by atoms with van der Waals surface area (Å²) in [7, 11) is 0. The van der Waals surface area contributed by atoms with Crippen molar-refractivity contribution in [3.8, 4) is 0 Å². The van der Waals surface area contributed by atoms with E-state index in [4.69, 9.17) is 4.74 Å². The van der Waals surface area contributed by atoms with Crippen molar-refractivity contribution in [1.29, 1.82) is 0 Å². The second-order valence-corrected chi connectivity index (χ2v) is 7.31. The Morgan fingerprint density at radius 3 is 2.55 bits per heavy atom. The van der Waals surface area contributed by atoms with Crippen LogP contribution in [0.3, 0.4) is 0 Å². The van der Waals surface area contributed by atoms with Gasteiger partial charge in [0.2, 0.25) is 11.8 Å². The van der Waals surface area contributed by atoms with Gasteiger partial charge in [-0.25, -0.2) is 4.39 Å². The predicted octanol–water partition coefficient (Wildman–Crippen LogP) is 2.87. The van der Waals surface area contributed by atoms with Crippen LogP contribution in [0.25, 0.3) is 5.57 Å². The van der Waals surface area contributed by atoms with Gasteiger partial charge in [0.15, 0.2) is 0 Å². The van der Waals surface area contributed by atoms with Gasteiger partial charge in [0.25, 0.3) is 0 Å². The highest BCUT2D eigenvalue weighted by atomic mass is 19.1. The molecule has 2 heterocycles. The van der Waals surface area contributed by atoms with Crippen molar-refractivity contribution < 1.29 is 18.7 Å². The fraction of sp³-hybridized carbons (Fsp3) is 0.304. The zero-order chi connectivity index (χ0) is 20.2. The summed E-state index contributed by atoms with van der Waals surface area (Å²) in [6.07, 6.45) is 2.85. The van der Waals surface area contributed by atoms with Crippen molar-refractivity contribution >= 4 is 17.4 Å². The fourth-order valence-electron chi connectivity index (χ4n) is 3.79. The third kappa shape index (κ3) is 4.38. The van der Waals surface area contributed by atoms with Crippen molar-refractivity contribution in [3.05, 3.63) is 77.6 Å². The van der Waals surface area contributed by atoms with Crippen LogP contribution in [0.1, 0.15) is 17.5 Å². The quantitative estimate of drug-likeness (QED) is 0.801. The number of amides is 2. The number of hydrogen-bond donors (Lipinski definition) is 0. The molecule has 2 aliphatic rings. The zero-order valence-electron chi connectivity index (χ0n) is 16.1. The second-order valence-electron chi connectivity index (χ2n) is 7.31. The van der Waals surface area contributed by atoms with Crippen molar-refractivity contribution in [3.63, 3.8) is 0 Å². The molecular weight excluding hydrogens is 371 g/mol. The molecule has 0 N–H and O–H groups in total. The molecule has 6 heteroatoms. The molecule has 5 nitrogen and oxygen atoms in total. The Morgan fingerprint density at radius 1 is 1.10 bits per heavy atom. The van der Waals surface area contributed by atoms with E-state index in [-0.39, 0.29) is 37.4 Å². The highest BCUT2D eigenvalue weighted by molar-refractivity contribution is 5.89. The Kier molecular flexibility index (Phi) is 5.71. The van der Waals surface area contributed by atoms with Gasteiger partial charge < -0.3 is 14.5 Å². The number of morpholine rings is 1. The van der Waals surface area contributed by atoms with E-state index >= 15 is 0 Å². The van der Waals surface area contributed by atoms with Gasteiger partial charge in [0.05, 0.1) is 6.61 Å². The number of nitrogens with zero attached hydrogens (tertiary/aromatic N) is 2. The maximum Gasteiger partial charge on any atom is 0.249 e. The number of carbonyl (C=O) groups is 2. The summed E-state index contributed by atoms with van der Waals surface area (Å²) in [5.41, 5.74) is 3.19. The van der Waals surface area contributed by atoms with Crippen molar-refractivity contribution in [2.45, 2.75) is 19.0 Å². The van der Waals surface area contributed by atoms with Crippen LogP contribution in [0.15, 0.2) is 60.7 Å². The minimum absolute atomic E-state index is 0.0387. The van der Waals surface area contributed by atoms with E-state index in [1.54, 1.807) is 21.9 Å². The number of benzene rings is 2. The van der Waals surface area contributed by atoms with Crippen LogP contribution in [0.2, 0.25) is 0 Å². The molecule has 2 aromatic rings. The van der Waals surface area contributed by atoms with Crippen LogP contribution in [-0.4, -0.2) is 54.0 Å². The smallest absolute Gasteiger partial charge is 0.249 e. The highest BCUT2D eigenvalue weighted by Gasteiger charge is 2.36. The normalized spacial score (nSPS) is 19.8. The first-order valence-corrected chi connectivity index (χ1v) is 9.77. The molecule has 0 aromatic heterocycles. The van der Waals surface area contributed by atoms with E-state index in [2.05, 4.69) is 18.2 Å². The van der Waals surface area contributed by atoms with Crippen molar-refractivity contribution in [2.75, 3.05) is 26.3 Å². The Balaban J connectivity index is 1.46. The maximum atomic E-state index is 13.2. The van der Waals surface area contributed by atoms with Gasteiger partial charge in [0.1, 0.15) is 18.5 Å². The summed E-state index contributed by atoms with van der Waals surface area (Å²) in [4.78, 5) is 28.9. The first-order chi connectivity index (χ1) is 14.1. The Morgan fingerprint density at radius 2 is 1.86 bits per heavy atom. The second kappa shape index (κ2) is 8.57. The minimum atomic E-state index is -0.659. The molecule has 4 rings (SSSR count). The van der Waals surface area contributed by atoms with E-state index in [0.29, 0.717) is 13.1 Å². The van der Waals surface area contributed by atoms with Crippen molar-refractivity contribution in [1.82, 2.24) is 9.80 Å². The van der Waals surface area contributed by atoms with Crippen LogP contribution in [0.4, 0.5) is 4.39 Å². The molecule has 150 valence electrons. The highest BCUT2D eigenvalue weighted by Crippen LogP contribution is 2.24. The molecule has 2 aliphatic heterocycles. The molecule has 0 aliphatic carbocycles. The van der Waals surface area contributed by atoms with Gasteiger partial charge in [-0.2, -0.15) is 0 Å². The van der Waals surface area contributed by atoms with E-state index < -0.39 is 6.04 Å². The van der Waals surface area contributed by atoms with E-state index in [1.807, 2.05) is 18.2 Å². The number of carbonyl (C=O) groups excluding carboxylic acids is 2. The maximum absolute atomic E-state index is 13.2. The third-order valence-corrected chi connectivity index (χ3v) is 5.41. The molecular formula is C23H23FN2O3. The lowest BCUT2D eigenvalue weighted by molar-refractivity contribution is -0.159. The first kappa shape index (κ1) is 19.3. The van der Waals surface area contributed by atoms with Crippen LogP contribution < -0.4 is 0 Å². The summed E-state index contributed by atoms with van der Waals surface area (Å²) in [6, 6.07) is 15.5. The van der Waals surface area contributed by atoms with E-state index in [1.165, 1.54) is 23.3 Å². The van der Waals surface area contributed by atoms with Crippen LogP contribution in [0, 0.1) is 5.82 Å². The van der Waals surface area contributed by atoms with Crippen LogP contribution >= 0.6 is 0 Å². The number of halogens is 1. The SMILES string of the molecule is O=C([C@@H]1COCC(=O)N1Cc1ccc(F)cc1)N1CC=C(c2ccccc2)CC1.